The van der Waals surface area contributed by atoms with E-state index in [-0.39, 0.29) is 18.7 Å². The van der Waals surface area contributed by atoms with Crippen molar-refractivity contribution in [1.82, 2.24) is 20.4 Å². The zero-order chi connectivity index (χ0) is 14.1. The fraction of sp³-hybridized carbons (Fsp3) is 0.692. The molecule has 108 valence electrons. The van der Waals surface area contributed by atoms with Crippen LogP contribution >= 0.6 is 0 Å². The van der Waals surface area contributed by atoms with Gasteiger partial charge < -0.3 is 15.7 Å². The highest BCUT2D eigenvalue weighted by Crippen LogP contribution is 1.99. The van der Waals surface area contributed by atoms with E-state index >= 15 is 0 Å². The van der Waals surface area contributed by atoms with Crippen molar-refractivity contribution in [3.63, 3.8) is 0 Å². The van der Waals surface area contributed by atoms with Gasteiger partial charge in [-0.05, 0) is 24.8 Å². The Morgan fingerprint density at radius 1 is 1.53 bits per heavy atom. The Hall–Kier alpha value is -1.56. The number of hydrogen-bond donors (Lipinski definition) is 3. The summed E-state index contributed by atoms with van der Waals surface area (Å²) in [4.78, 5) is 11.7. The molecule has 0 aliphatic carbocycles. The van der Waals surface area contributed by atoms with Crippen LogP contribution in [0.4, 0.5) is 4.79 Å². The molecule has 1 aromatic rings. The molecule has 3 N–H and O–H groups in total. The molecule has 0 saturated carbocycles. The van der Waals surface area contributed by atoms with Gasteiger partial charge in [0, 0.05) is 38.1 Å². The van der Waals surface area contributed by atoms with Crippen LogP contribution < -0.4 is 10.6 Å². The lowest BCUT2D eigenvalue weighted by atomic mass is 10.1. The number of rotatable bonds is 8. The van der Waals surface area contributed by atoms with Gasteiger partial charge in [0.15, 0.2) is 0 Å². The van der Waals surface area contributed by atoms with Gasteiger partial charge in [-0.2, -0.15) is 5.10 Å². The van der Waals surface area contributed by atoms with Crippen molar-refractivity contribution in [1.29, 1.82) is 0 Å². The second-order valence-electron chi connectivity index (χ2n) is 4.81. The van der Waals surface area contributed by atoms with Crippen LogP contribution in [0.3, 0.4) is 0 Å². The predicted molar refractivity (Wildman–Crippen MR) is 73.7 cm³/mol. The molecule has 1 heterocycles. The van der Waals surface area contributed by atoms with Crippen molar-refractivity contribution in [3.05, 3.63) is 18.5 Å². The molecule has 19 heavy (non-hydrogen) atoms. The second-order valence-corrected chi connectivity index (χ2v) is 4.81. The molecule has 0 spiro atoms. The summed E-state index contributed by atoms with van der Waals surface area (Å²) in [7, 11) is 0. The molecule has 0 aliphatic heterocycles. The maximum absolute atomic E-state index is 11.7. The third-order valence-corrected chi connectivity index (χ3v) is 2.97. The van der Waals surface area contributed by atoms with E-state index in [1.807, 2.05) is 23.9 Å². The second kappa shape index (κ2) is 8.53. The SMILES string of the molecule is CCC(CCO)NC(=O)NCC(C)Cn1cccn1. The van der Waals surface area contributed by atoms with Crippen LogP contribution in [0, 0.1) is 5.92 Å². The fourth-order valence-corrected chi connectivity index (χ4v) is 1.83. The Bertz CT molecular complexity index is 354. The number of nitrogens with zero attached hydrogens (tertiary/aromatic N) is 2. The molecule has 0 aliphatic rings. The summed E-state index contributed by atoms with van der Waals surface area (Å²) in [5.74, 6) is 0.309. The lowest BCUT2D eigenvalue weighted by Gasteiger charge is -2.18. The van der Waals surface area contributed by atoms with Crippen LogP contribution in [0.15, 0.2) is 18.5 Å². The van der Waals surface area contributed by atoms with Crippen LogP contribution in [0.2, 0.25) is 0 Å². The lowest BCUT2D eigenvalue weighted by Crippen LogP contribution is -2.43. The molecular weight excluding hydrogens is 244 g/mol. The Labute approximate surface area is 114 Å². The van der Waals surface area contributed by atoms with E-state index in [9.17, 15) is 4.79 Å². The van der Waals surface area contributed by atoms with E-state index in [0.29, 0.717) is 18.9 Å². The highest BCUT2D eigenvalue weighted by molar-refractivity contribution is 5.74. The average Bonchev–Trinajstić information content (AvgIpc) is 2.88. The molecule has 2 unspecified atom stereocenters. The van der Waals surface area contributed by atoms with Crippen molar-refractivity contribution in [2.45, 2.75) is 39.3 Å². The minimum absolute atomic E-state index is 0.0337. The monoisotopic (exact) mass is 268 g/mol. The predicted octanol–water partition coefficient (Wildman–Crippen LogP) is 0.979. The molecule has 6 heteroatoms. The summed E-state index contributed by atoms with van der Waals surface area (Å²) in [6.45, 7) is 5.52. The van der Waals surface area contributed by atoms with Gasteiger partial charge in [-0.1, -0.05) is 13.8 Å². The van der Waals surface area contributed by atoms with E-state index in [4.69, 9.17) is 5.11 Å². The van der Waals surface area contributed by atoms with Gasteiger partial charge in [0.25, 0.3) is 0 Å². The zero-order valence-electron chi connectivity index (χ0n) is 11.7. The minimum Gasteiger partial charge on any atom is -0.396 e. The summed E-state index contributed by atoms with van der Waals surface area (Å²) in [5.41, 5.74) is 0. The quantitative estimate of drug-likeness (QED) is 0.657. The van der Waals surface area contributed by atoms with Gasteiger partial charge in [0.1, 0.15) is 0 Å². The molecule has 1 rings (SSSR count). The number of urea groups is 1. The van der Waals surface area contributed by atoms with Gasteiger partial charge >= 0.3 is 6.03 Å². The number of nitrogens with one attached hydrogen (secondary N) is 2. The third-order valence-electron chi connectivity index (χ3n) is 2.97. The number of aliphatic hydroxyl groups is 1. The van der Waals surface area contributed by atoms with E-state index in [0.717, 1.165) is 13.0 Å². The van der Waals surface area contributed by atoms with Gasteiger partial charge in [0.2, 0.25) is 0 Å². The van der Waals surface area contributed by atoms with E-state index in [1.165, 1.54) is 0 Å². The molecule has 6 nitrogen and oxygen atoms in total. The van der Waals surface area contributed by atoms with Crippen LogP contribution in [-0.2, 0) is 6.54 Å². The first kappa shape index (κ1) is 15.5. The highest BCUT2D eigenvalue weighted by Gasteiger charge is 2.10. The van der Waals surface area contributed by atoms with Gasteiger partial charge in [-0.3, -0.25) is 4.68 Å². The first-order valence-corrected chi connectivity index (χ1v) is 6.78. The summed E-state index contributed by atoms with van der Waals surface area (Å²) in [5, 5.41) is 18.7. The first-order valence-electron chi connectivity index (χ1n) is 6.78. The molecule has 2 amide bonds. The van der Waals surface area contributed by atoms with Crippen LogP contribution in [0.25, 0.3) is 0 Å². The largest absolute Gasteiger partial charge is 0.396 e. The number of carbonyl (C=O) groups is 1. The smallest absolute Gasteiger partial charge is 0.315 e. The molecule has 0 fully saturated rings. The molecular formula is C13H24N4O2. The topological polar surface area (TPSA) is 79.2 Å². The van der Waals surface area contributed by atoms with Gasteiger partial charge in [-0.25, -0.2) is 4.79 Å². The molecule has 0 aromatic carbocycles. The molecule has 0 bridgehead atoms. The normalized spacial score (nSPS) is 13.8. The van der Waals surface area contributed by atoms with Crippen LogP contribution in [0.1, 0.15) is 26.7 Å². The van der Waals surface area contributed by atoms with Crippen LogP contribution in [-0.4, -0.2) is 40.1 Å². The van der Waals surface area contributed by atoms with Crippen molar-refractivity contribution in [2.75, 3.05) is 13.2 Å². The van der Waals surface area contributed by atoms with Crippen LogP contribution in [0.5, 0.6) is 0 Å². The third kappa shape index (κ3) is 6.24. The standard InChI is InChI=1S/C13H24N4O2/c1-3-12(5-8-18)16-13(19)14-9-11(2)10-17-7-4-6-15-17/h4,6-7,11-12,18H,3,5,8-10H2,1-2H3,(H2,14,16,19). The fourth-order valence-electron chi connectivity index (χ4n) is 1.83. The zero-order valence-corrected chi connectivity index (χ0v) is 11.7. The van der Waals surface area contributed by atoms with Gasteiger partial charge in [-0.15, -0.1) is 0 Å². The van der Waals surface area contributed by atoms with E-state index in [1.54, 1.807) is 6.20 Å². The molecule has 2 atom stereocenters. The number of aromatic nitrogens is 2. The molecule has 1 aromatic heterocycles. The van der Waals surface area contributed by atoms with E-state index < -0.39 is 0 Å². The summed E-state index contributed by atoms with van der Waals surface area (Å²) in [6.07, 6.45) is 5.06. The number of hydrogen-bond acceptors (Lipinski definition) is 3. The Morgan fingerprint density at radius 2 is 2.32 bits per heavy atom. The number of carbonyl (C=O) groups excluding carboxylic acids is 1. The Morgan fingerprint density at radius 3 is 2.89 bits per heavy atom. The lowest BCUT2D eigenvalue weighted by molar-refractivity contribution is 0.226. The maximum Gasteiger partial charge on any atom is 0.315 e. The Kier molecular flexibility index (Phi) is 6.95. The Balaban J connectivity index is 2.21. The van der Waals surface area contributed by atoms with Gasteiger partial charge in [0.05, 0.1) is 0 Å². The summed E-state index contributed by atoms with van der Waals surface area (Å²) in [6, 6.07) is 1.74. The number of aliphatic hydroxyl groups excluding tert-OH is 1. The minimum atomic E-state index is -0.174. The summed E-state index contributed by atoms with van der Waals surface area (Å²) >= 11 is 0. The molecule has 0 saturated heterocycles. The van der Waals surface area contributed by atoms with Crippen molar-refractivity contribution >= 4 is 6.03 Å². The highest BCUT2D eigenvalue weighted by atomic mass is 16.3. The van der Waals surface area contributed by atoms with Crippen molar-refractivity contribution in [2.24, 2.45) is 5.92 Å². The van der Waals surface area contributed by atoms with E-state index in [2.05, 4.69) is 22.7 Å². The van der Waals surface area contributed by atoms with Crippen molar-refractivity contribution < 1.29 is 9.90 Å². The average molecular weight is 268 g/mol. The van der Waals surface area contributed by atoms with Crippen molar-refractivity contribution in [3.8, 4) is 0 Å². The number of amides is 2. The summed E-state index contributed by atoms with van der Waals surface area (Å²) < 4.78 is 1.85. The maximum atomic E-state index is 11.7. The first-order chi connectivity index (χ1) is 9.15. The molecule has 0 radical (unpaired) electrons.